The summed E-state index contributed by atoms with van der Waals surface area (Å²) in [7, 11) is 1.24. The van der Waals surface area contributed by atoms with E-state index in [1.165, 1.54) is 31.3 Å². The third kappa shape index (κ3) is 4.90. The largest absolute Gasteiger partial charge is 0.482 e. The monoisotopic (exact) mass is 400 g/mol. The second kappa shape index (κ2) is 9.36. The lowest BCUT2D eigenvalue weighted by Gasteiger charge is -2.14. The number of aromatic nitrogens is 2. The van der Waals surface area contributed by atoms with Crippen molar-refractivity contribution in [1.82, 2.24) is 9.13 Å². The Balaban J connectivity index is 2.05. The minimum Gasteiger partial charge on any atom is -0.482 e. The summed E-state index contributed by atoms with van der Waals surface area (Å²) in [5.41, 5.74) is 4.41. The Hall–Kier alpha value is -3.87. The third-order valence-electron chi connectivity index (χ3n) is 4.01. The molecule has 0 aliphatic carbocycles. The highest BCUT2D eigenvalue weighted by Crippen LogP contribution is 2.11. The summed E-state index contributed by atoms with van der Waals surface area (Å²) >= 11 is 0. The van der Waals surface area contributed by atoms with Gasteiger partial charge in [0, 0.05) is 13.6 Å². The second-order valence-corrected chi connectivity index (χ2v) is 6.07. The van der Waals surface area contributed by atoms with Crippen LogP contribution >= 0.6 is 0 Å². The molecule has 10 heteroatoms. The van der Waals surface area contributed by atoms with E-state index in [0.29, 0.717) is 17.7 Å². The van der Waals surface area contributed by atoms with Gasteiger partial charge in [0.15, 0.2) is 13.2 Å². The molecule has 0 saturated carbocycles. The molecule has 2 aromatic rings. The van der Waals surface area contributed by atoms with Gasteiger partial charge in [0.2, 0.25) is 5.78 Å². The Morgan fingerprint density at radius 3 is 2.41 bits per heavy atom. The number of hydrogen-bond donors (Lipinski definition) is 1. The predicted octanol–water partition coefficient (Wildman–Crippen LogP) is 0.216. The molecule has 0 bridgehead atoms. The number of carbonyl (C=O) groups is 2. The molecule has 0 aliphatic heterocycles. The van der Waals surface area contributed by atoms with E-state index < -0.39 is 41.8 Å². The number of esters is 1. The van der Waals surface area contributed by atoms with Gasteiger partial charge in [-0.25, -0.2) is 9.59 Å². The molecule has 29 heavy (non-hydrogen) atoms. The van der Waals surface area contributed by atoms with Crippen LogP contribution in [0.5, 0.6) is 5.75 Å². The predicted molar refractivity (Wildman–Crippen MR) is 103 cm³/mol. The highest BCUT2D eigenvalue weighted by molar-refractivity contribution is 6.01. The Morgan fingerprint density at radius 1 is 1.17 bits per heavy atom. The van der Waals surface area contributed by atoms with Gasteiger partial charge in [-0.15, -0.1) is 0 Å². The van der Waals surface area contributed by atoms with Crippen molar-refractivity contribution in [2.75, 3.05) is 18.9 Å². The number of Topliss-reactive ketones (excluding diaryl/α,β-unsaturated/α-hetero) is 1. The number of nitriles is 1. The summed E-state index contributed by atoms with van der Waals surface area (Å²) in [6.07, 6.45) is 0.567. The molecule has 2 N–H and O–H groups in total. The normalized spacial score (nSPS) is 10.2. The first-order valence-corrected chi connectivity index (χ1v) is 8.71. The number of nitrogen functional groups attached to an aromatic ring is 1. The summed E-state index contributed by atoms with van der Waals surface area (Å²) in [6.45, 7) is 0.854. The topological polar surface area (TPSA) is 146 Å². The van der Waals surface area contributed by atoms with E-state index in [9.17, 15) is 19.2 Å². The highest BCUT2D eigenvalue weighted by Gasteiger charge is 2.22. The van der Waals surface area contributed by atoms with Crippen LogP contribution in [0.3, 0.4) is 0 Å². The van der Waals surface area contributed by atoms with Crippen LogP contribution in [0.4, 0.5) is 5.82 Å². The Morgan fingerprint density at radius 2 is 1.83 bits per heavy atom. The van der Waals surface area contributed by atoms with E-state index in [1.807, 2.05) is 13.0 Å². The molecule has 10 nitrogen and oxygen atoms in total. The van der Waals surface area contributed by atoms with E-state index in [-0.39, 0.29) is 12.4 Å². The Kier molecular flexibility index (Phi) is 6.92. The SMILES string of the molecule is CCCn1c(N)c(C(=O)COC(=O)COc2ccc(C#N)cc2)c(=O)n(C)c1=O. The zero-order valence-corrected chi connectivity index (χ0v) is 16.0. The van der Waals surface area contributed by atoms with Crippen LogP contribution in [0, 0.1) is 11.3 Å². The molecule has 2 rings (SSSR count). The van der Waals surface area contributed by atoms with Gasteiger partial charge < -0.3 is 15.2 Å². The number of ether oxygens (including phenoxy) is 2. The zero-order valence-electron chi connectivity index (χ0n) is 16.0. The number of rotatable bonds is 8. The van der Waals surface area contributed by atoms with Crippen molar-refractivity contribution < 1.29 is 19.1 Å². The van der Waals surface area contributed by atoms with Crippen molar-refractivity contribution in [2.45, 2.75) is 19.9 Å². The van der Waals surface area contributed by atoms with Crippen LogP contribution in [0.1, 0.15) is 29.3 Å². The van der Waals surface area contributed by atoms with Gasteiger partial charge in [-0.3, -0.25) is 18.7 Å². The van der Waals surface area contributed by atoms with E-state index in [0.717, 1.165) is 9.13 Å². The first-order chi connectivity index (χ1) is 13.8. The molecule has 1 aromatic heterocycles. The summed E-state index contributed by atoms with van der Waals surface area (Å²) in [4.78, 5) is 48.6. The molecule has 0 atom stereocenters. The van der Waals surface area contributed by atoms with Gasteiger partial charge in [-0.05, 0) is 30.7 Å². The summed E-state index contributed by atoms with van der Waals surface area (Å²) in [5, 5.41) is 8.73. The maximum absolute atomic E-state index is 12.4. The van der Waals surface area contributed by atoms with Gasteiger partial charge >= 0.3 is 11.7 Å². The van der Waals surface area contributed by atoms with Crippen LogP contribution in [-0.4, -0.2) is 34.1 Å². The molecule has 0 unspecified atom stereocenters. The van der Waals surface area contributed by atoms with Crippen LogP contribution in [0.15, 0.2) is 33.9 Å². The van der Waals surface area contributed by atoms with Crippen molar-refractivity contribution in [2.24, 2.45) is 7.05 Å². The van der Waals surface area contributed by atoms with Gasteiger partial charge in [0.05, 0.1) is 11.6 Å². The number of nitrogens with two attached hydrogens (primary N) is 1. The van der Waals surface area contributed by atoms with Crippen molar-refractivity contribution in [3.63, 3.8) is 0 Å². The molecule has 152 valence electrons. The van der Waals surface area contributed by atoms with Crippen LogP contribution in [0.25, 0.3) is 0 Å². The highest BCUT2D eigenvalue weighted by atomic mass is 16.6. The van der Waals surface area contributed by atoms with Crippen LogP contribution in [0.2, 0.25) is 0 Å². The van der Waals surface area contributed by atoms with Crippen molar-refractivity contribution in [3.05, 3.63) is 56.2 Å². The lowest BCUT2D eigenvalue weighted by molar-refractivity contribution is -0.144. The lowest BCUT2D eigenvalue weighted by Crippen LogP contribution is -2.43. The third-order valence-corrected chi connectivity index (χ3v) is 4.01. The molecule has 1 aromatic carbocycles. The van der Waals surface area contributed by atoms with Gasteiger partial charge in [0.1, 0.15) is 17.1 Å². The van der Waals surface area contributed by atoms with Crippen molar-refractivity contribution >= 4 is 17.6 Å². The number of ketones is 1. The van der Waals surface area contributed by atoms with Crippen molar-refractivity contribution in [3.8, 4) is 11.8 Å². The minimum atomic E-state index is -0.852. The second-order valence-electron chi connectivity index (χ2n) is 6.07. The van der Waals surface area contributed by atoms with Gasteiger partial charge in [0.25, 0.3) is 5.56 Å². The van der Waals surface area contributed by atoms with E-state index >= 15 is 0 Å². The zero-order chi connectivity index (χ0) is 21.6. The molecule has 0 spiro atoms. The number of hydrogen-bond acceptors (Lipinski definition) is 8. The summed E-state index contributed by atoms with van der Waals surface area (Å²) < 4.78 is 12.0. The van der Waals surface area contributed by atoms with E-state index in [4.69, 9.17) is 20.5 Å². The van der Waals surface area contributed by atoms with Gasteiger partial charge in [-0.1, -0.05) is 6.92 Å². The van der Waals surface area contributed by atoms with E-state index in [2.05, 4.69) is 0 Å². The smallest absolute Gasteiger partial charge is 0.344 e. The molecular formula is C19H20N4O6. The fraction of sp³-hybridized carbons (Fsp3) is 0.316. The van der Waals surface area contributed by atoms with Crippen molar-refractivity contribution in [1.29, 1.82) is 5.26 Å². The Labute approximate surface area is 165 Å². The number of nitrogens with zero attached hydrogens (tertiary/aromatic N) is 3. The molecule has 0 aliphatic rings. The standard InChI is InChI=1S/C19H20N4O6/c1-3-8-23-17(21)16(18(26)22(2)19(23)27)14(24)10-29-15(25)11-28-13-6-4-12(9-20)5-7-13/h4-7H,3,8,10-11,21H2,1-2H3. The number of benzene rings is 1. The first-order valence-electron chi connectivity index (χ1n) is 8.71. The maximum atomic E-state index is 12.4. The van der Waals surface area contributed by atoms with E-state index in [1.54, 1.807) is 0 Å². The maximum Gasteiger partial charge on any atom is 0.344 e. The lowest BCUT2D eigenvalue weighted by atomic mass is 10.2. The molecule has 0 radical (unpaired) electrons. The number of anilines is 1. The quantitative estimate of drug-likeness (QED) is 0.489. The number of carbonyl (C=O) groups excluding carboxylic acids is 2. The summed E-state index contributed by atoms with van der Waals surface area (Å²) in [5.74, 6) is -1.56. The minimum absolute atomic E-state index is 0.233. The summed E-state index contributed by atoms with van der Waals surface area (Å²) in [6, 6.07) is 8.02. The average molecular weight is 400 g/mol. The first kappa shape index (κ1) is 21.4. The Bertz CT molecular complexity index is 1080. The molecule has 0 amide bonds. The molecule has 1 heterocycles. The van der Waals surface area contributed by atoms with Crippen LogP contribution in [-0.2, 0) is 23.1 Å². The fourth-order valence-corrected chi connectivity index (χ4v) is 2.51. The average Bonchev–Trinajstić information content (AvgIpc) is 2.72. The molecule has 0 fully saturated rings. The molecular weight excluding hydrogens is 380 g/mol. The molecule has 0 saturated heterocycles. The van der Waals surface area contributed by atoms with Gasteiger partial charge in [-0.2, -0.15) is 5.26 Å². The van der Waals surface area contributed by atoms with Crippen LogP contribution < -0.4 is 21.7 Å². The fourth-order valence-electron chi connectivity index (χ4n) is 2.51.